The van der Waals surface area contributed by atoms with E-state index in [-0.39, 0.29) is 0 Å². The predicted octanol–water partition coefficient (Wildman–Crippen LogP) is 9.83. The largest absolute Gasteiger partial charge is 0.501 e. The van der Waals surface area contributed by atoms with Crippen LogP contribution in [0.25, 0.3) is 0 Å². The van der Waals surface area contributed by atoms with Gasteiger partial charge in [0.2, 0.25) is 0 Å². The lowest BCUT2D eigenvalue weighted by Gasteiger charge is -2.19. The molecule has 0 bridgehead atoms. The van der Waals surface area contributed by atoms with Gasteiger partial charge in [0, 0.05) is 6.42 Å². The molecule has 1 rings (SSSR count). The van der Waals surface area contributed by atoms with Crippen molar-refractivity contribution >= 4 is 0 Å². The first-order chi connectivity index (χ1) is 15.6. The number of allylic oxidation sites excluding steroid dienone is 8. The molecule has 1 aliphatic carbocycles. The maximum Gasteiger partial charge on any atom is 0.0958 e. The molecule has 2 heteroatoms. The van der Waals surface area contributed by atoms with Crippen molar-refractivity contribution in [2.45, 2.75) is 124 Å². The molecule has 0 aliphatic heterocycles. The summed E-state index contributed by atoms with van der Waals surface area (Å²) in [6, 6.07) is 0. The van der Waals surface area contributed by atoms with Crippen molar-refractivity contribution in [2.24, 2.45) is 5.92 Å². The Morgan fingerprint density at radius 2 is 1.56 bits per heavy atom. The summed E-state index contributed by atoms with van der Waals surface area (Å²) in [5.74, 6) is 2.97. The fourth-order valence-electron chi connectivity index (χ4n) is 4.57. The molecule has 1 atom stereocenters. The van der Waals surface area contributed by atoms with Gasteiger partial charge in [0.1, 0.15) is 0 Å². The molecule has 2 nitrogen and oxygen atoms in total. The number of hydrogen-bond acceptors (Lipinski definition) is 2. The second-order valence-corrected chi connectivity index (χ2v) is 9.55. The first-order valence-electron chi connectivity index (χ1n) is 13.5. The smallest absolute Gasteiger partial charge is 0.0958 e. The van der Waals surface area contributed by atoms with Crippen molar-refractivity contribution in [3.05, 3.63) is 47.0 Å². The summed E-state index contributed by atoms with van der Waals surface area (Å²) in [5.41, 5.74) is 3.18. The Morgan fingerprint density at radius 1 is 0.875 bits per heavy atom. The van der Waals surface area contributed by atoms with Gasteiger partial charge in [0.05, 0.1) is 25.7 Å². The minimum atomic E-state index is 0.845. The summed E-state index contributed by atoms with van der Waals surface area (Å²) in [5, 5.41) is 0. The van der Waals surface area contributed by atoms with Crippen molar-refractivity contribution < 1.29 is 9.47 Å². The molecule has 0 saturated carbocycles. The Kier molecular flexibility index (Phi) is 17.0. The van der Waals surface area contributed by atoms with E-state index >= 15 is 0 Å². The summed E-state index contributed by atoms with van der Waals surface area (Å²) in [6.45, 7) is 6.63. The van der Waals surface area contributed by atoms with E-state index in [1.807, 2.05) is 6.92 Å². The molecule has 0 heterocycles. The SMILES string of the molecule is CCCCCCCC(CCCCCCC1=CC=C(OC)CC1)C/C(=C/C=C(\C)OC)CC. The Labute approximate surface area is 200 Å². The number of methoxy groups -OCH3 is 2. The molecule has 1 aliphatic rings. The number of rotatable bonds is 19. The number of unbranched alkanes of at least 4 members (excludes halogenated alkanes) is 7. The third kappa shape index (κ3) is 13.9. The van der Waals surface area contributed by atoms with Crippen molar-refractivity contribution in [3.63, 3.8) is 0 Å². The Balaban J connectivity index is 2.40. The van der Waals surface area contributed by atoms with Crippen LogP contribution >= 0.6 is 0 Å². The average molecular weight is 445 g/mol. The van der Waals surface area contributed by atoms with E-state index in [2.05, 4.69) is 38.2 Å². The minimum Gasteiger partial charge on any atom is -0.501 e. The Bertz CT molecular complexity index is 594. The maximum absolute atomic E-state index is 5.34. The van der Waals surface area contributed by atoms with Crippen molar-refractivity contribution in [1.29, 1.82) is 0 Å². The van der Waals surface area contributed by atoms with Crippen LogP contribution in [0.4, 0.5) is 0 Å². The first kappa shape index (κ1) is 28.6. The van der Waals surface area contributed by atoms with Gasteiger partial charge in [-0.1, -0.05) is 101 Å². The summed E-state index contributed by atoms with van der Waals surface area (Å²) in [7, 11) is 3.53. The van der Waals surface area contributed by atoms with Gasteiger partial charge in [-0.25, -0.2) is 0 Å². The van der Waals surface area contributed by atoms with Crippen LogP contribution in [0.15, 0.2) is 47.0 Å². The first-order valence-corrected chi connectivity index (χ1v) is 13.5. The zero-order chi connectivity index (χ0) is 23.4. The van der Waals surface area contributed by atoms with Crippen LogP contribution in [0.1, 0.15) is 124 Å². The minimum absolute atomic E-state index is 0.845. The van der Waals surface area contributed by atoms with Gasteiger partial charge >= 0.3 is 0 Å². The molecule has 0 radical (unpaired) electrons. The highest BCUT2D eigenvalue weighted by molar-refractivity contribution is 5.20. The van der Waals surface area contributed by atoms with Gasteiger partial charge in [-0.2, -0.15) is 0 Å². The number of ether oxygens (including phenoxy) is 2. The van der Waals surface area contributed by atoms with Gasteiger partial charge in [-0.05, 0) is 57.1 Å². The molecule has 0 aromatic rings. The zero-order valence-corrected chi connectivity index (χ0v) is 22.0. The molecule has 0 amide bonds. The summed E-state index contributed by atoms with van der Waals surface area (Å²) in [6.07, 6.45) is 30.0. The van der Waals surface area contributed by atoms with Crippen LogP contribution in [0.3, 0.4) is 0 Å². The van der Waals surface area contributed by atoms with Crippen LogP contribution < -0.4 is 0 Å². The van der Waals surface area contributed by atoms with E-state index in [9.17, 15) is 0 Å². The molecule has 0 saturated heterocycles. The highest BCUT2D eigenvalue weighted by Gasteiger charge is 2.11. The molecule has 184 valence electrons. The second-order valence-electron chi connectivity index (χ2n) is 9.55. The van der Waals surface area contributed by atoms with Crippen LogP contribution in [0, 0.1) is 5.92 Å². The molecule has 32 heavy (non-hydrogen) atoms. The highest BCUT2D eigenvalue weighted by atomic mass is 16.5. The zero-order valence-electron chi connectivity index (χ0n) is 22.0. The van der Waals surface area contributed by atoms with Crippen LogP contribution in [-0.4, -0.2) is 14.2 Å². The lowest BCUT2D eigenvalue weighted by molar-refractivity contribution is 0.275. The van der Waals surface area contributed by atoms with E-state index in [0.717, 1.165) is 30.3 Å². The number of hydrogen-bond donors (Lipinski definition) is 0. The molecule has 0 N–H and O–H groups in total. The fraction of sp³-hybridized carbons (Fsp3) is 0.733. The third-order valence-electron chi connectivity index (χ3n) is 6.92. The maximum atomic E-state index is 5.34. The second kappa shape index (κ2) is 19.1. The normalized spacial score (nSPS) is 15.9. The van der Waals surface area contributed by atoms with Gasteiger partial charge in [-0.15, -0.1) is 0 Å². The highest BCUT2D eigenvalue weighted by Crippen LogP contribution is 2.27. The molecule has 0 aromatic heterocycles. The lowest BCUT2D eigenvalue weighted by atomic mass is 9.87. The molecule has 0 spiro atoms. The standard InChI is InChI=1S/C30H52O2/c1-6-8-9-10-14-17-29(25-27(7-2)20-19-26(3)31-4)18-15-12-11-13-16-28-21-23-30(32-5)24-22-28/h19-21,23,29H,6-18,22,24-25H2,1-5H3/b26-19+,27-20+. The molecule has 1 unspecified atom stereocenters. The van der Waals surface area contributed by atoms with Gasteiger partial charge < -0.3 is 9.47 Å². The van der Waals surface area contributed by atoms with Crippen LogP contribution in [0.2, 0.25) is 0 Å². The quantitative estimate of drug-likeness (QED) is 0.112. The van der Waals surface area contributed by atoms with Gasteiger partial charge in [0.15, 0.2) is 0 Å². The topological polar surface area (TPSA) is 18.5 Å². The van der Waals surface area contributed by atoms with E-state index in [1.165, 1.54) is 89.9 Å². The third-order valence-corrected chi connectivity index (χ3v) is 6.92. The van der Waals surface area contributed by atoms with Gasteiger partial charge in [0.25, 0.3) is 0 Å². The predicted molar refractivity (Wildman–Crippen MR) is 141 cm³/mol. The van der Waals surface area contributed by atoms with E-state index in [4.69, 9.17) is 9.47 Å². The Morgan fingerprint density at radius 3 is 2.12 bits per heavy atom. The Hall–Kier alpha value is -1.44. The molecule has 0 fully saturated rings. The summed E-state index contributed by atoms with van der Waals surface area (Å²) >= 11 is 0. The average Bonchev–Trinajstić information content (AvgIpc) is 2.83. The van der Waals surface area contributed by atoms with Crippen molar-refractivity contribution in [2.75, 3.05) is 14.2 Å². The van der Waals surface area contributed by atoms with Gasteiger partial charge in [-0.3, -0.25) is 0 Å². The van der Waals surface area contributed by atoms with Crippen molar-refractivity contribution in [1.82, 2.24) is 0 Å². The van der Waals surface area contributed by atoms with Crippen LogP contribution in [0.5, 0.6) is 0 Å². The van der Waals surface area contributed by atoms with Crippen molar-refractivity contribution in [3.8, 4) is 0 Å². The monoisotopic (exact) mass is 444 g/mol. The molecular formula is C30H52O2. The van der Waals surface area contributed by atoms with E-state index < -0.39 is 0 Å². The van der Waals surface area contributed by atoms with E-state index in [1.54, 1.807) is 25.4 Å². The summed E-state index contributed by atoms with van der Waals surface area (Å²) < 4.78 is 10.7. The fourth-order valence-corrected chi connectivity index (χ4v) is 4.57. The summed E-state index contributed by atoms with van der Waals surface area (Å²) in [4.78, 5) is 0. The molecule has 0 aromatic carbocycles. The lowest BCUT2D eigenvalue weighted by Crippen LogP contribution is -2.03. The molecular weight excluding hydrogens is 392 g/mol. The van der Waals surface area contributed by atoms with E-state index in [0.29, 0.717) is 0 Å². The van der Waals surface area contributed by atoms with Crippen LogP contribution in [-0.2, 0) is 9.47 Å².